The van der Waals surface area contributed by atoms with E-state index < -0.39 is 5.60 Å². The molecule has 2 aliphatic heterocycles. The maximum atomic E-state index is 12.9. The van der Waals surface area contributed by atoms with E-state index in [4.69, 9.17) is 9.72 Å². The largest absolute Gasteiger partial charge is 0.380 e. The van der Waals surface area contributed by atoms with Gasteiger partial charge in [0.15, 0.2) is 0 Å². The lowest BCUT2D eigenvalue weighted by Gasteiger charge is -2.35. The lowest BCUT2D eigenvalue weighted by Crippen LogP contribution is -2.53. The maximum absolute atomic E-state index is 12.9. The number of carbonyl (C=O) groups excluding carboxylic acids is 2. The predicted molar refractivity (Wildman–Crippen MR) is 113 cm³/mol. The fourth-order valence-electron chi connectivity index (χ4n) is 4.45. The van der Waals surface area contributed by atoms with Crippen molar-refractivity contribution in [3.63, 3.8) is 0 Å². The molecule has 1 aromatic carbocycles. The van der Waals surface area contributed by atoms with Crippen LogP contribution in [0.3, 0.4) is 0 Å². The average molecular weight is 425 g/mol. The summed E-state index contributed by atoms with van der Waals surface area (Å²) in [7, 11) is 1.75. The van der Waals surface area contributed by atoms with E-state index in [1.165, 1.54) is 0 Å². The van der Waals surface area contributed by atoms with Gasteiger partial charge in [-0.2, -0.15) is 0 Å². The van der Waals surface area contributed by atoms with Gasteiger partial charge in [0.05, 0.1) is 18.3 Å². The number of aromatic nitrogens is 2. The molecule has 3 heterocycles. The van der Waals surface area contributed by atoms with Gasteiger partial charge in [-0.3, -0.25) is 9.59 Å². The summed E-state index contributed by atoms with van der Waals surface area (Å²) in [6.45, 7) is 2.72. The lowest BCUT2D eigenvalue weighted by atomic mass is 10.1. The number of methoxy groups -OCH3 is 1. The molecule has 0 spiro atoms. The maximum Gasteiger partial charge on any atom is 0.254 e. The van der Waals surface area contributed by atoms with Gasteiger partial charge >= 0.3 is 0 Å². The molecule has 1 atom stereocenters. The molecule has 1 unspecified atom stereocenters. The molecule has 1 saturated carbocycles. The van der Waals surface area contributed by atoms with Crippen LogP contribution in [0.2, 0.25) is 0 Å². The van der Waals surface area contributed by atoms with Crippen LogP contribution in [0, 0.1) is 0 Å². The minimum atomic E-state index is -1.14. The number of hydrogen-bond donors (Lipinski definition) is 1. The van der Waals surface area contributed by atoms with Gasteiger partial charge in [0.25, 0.3) is 11.8 Å². The summed E-state index contributed by atoms with van der Waals surface area (Å²) in [6, 6.07) is 7.58. The second-order valence-electron chi connectivity index (χ2n) is 8.78. The smallest absolute Gasteiger partial charge is 0.254 e. The van der Waals surface area contributed by atoms with E-state index in [9.17, 15) is 14.7 Å². The molecule has 0 bridgehead atoms. The zero-order valence-corrected chi connectivity index (χ0v) is 17.8. The number of aryl methyl sites for hydroxylation is 1. The van der Waals surface area contributed by atoms with Crippen molar-refractivity contribution in [3.05, 3.63) is 41.9 Å². The second kappa shape index (κ2) is 7.76. The molecule has 8 nitrogen and oxygen atoms in total. The van der Waals surface area contributed by atoms with Crippen LogP contribution in [-0.2, 0) is 22.5 Å². The number of aliphatic hydroxyl groups is 1. The summed E-state index contributed by atoms with van der Waals surface area (Å²) in [5, 5.41) is 10.0. The zero-order chi connectivity index (χ0) is 21.6. The quantitative estimate of drug-likeness (QED) is 0.800. The van der Waals surface area contributed by atoms with Crippen molar-refractivity contribution in [2.45, 2.75) is 43.9 Å². The van der Waals surface area contributed by atoms with Crippen LogP contribution in [0.4, 0.5) is 0 Å². The van der Waals surface area contributed by atoms with Crippen LogP contribution in [0.25, 0.3) is 11.3 Å². The highest BCUT2D eigenvalue weighted by molar-refractivity contribution is 5.95. The SMILES string of the molecule is COC1CCc2nc(-c3ccc(C(=O)N4CCN(C(=O)C5(O)CC5)CC4)cc3)cn2C1. The minimum Gasteiger partial charge on any atom is -0.380 e. The van der Waals surface area contributed by atoms with Gasteiger partial charge in [-0.15, -0.1) is 0 Å². The van der Waals surface area contributed by atoms with Crippen molar-refractivity contribution in [1.29, 1.82) is 0 Å². The van der Waals surface area contributed by atoms with Gasteiger partial charge in [0.2, 0.25) is 0 Å². The second-order valence-corrected chi connectivity index (χ2v) is 8.78. The third-order valence-corrected chi connectivity index (χ3v) is 6.69. The van der Waals surface area contributed by atoms with Crippen molar-refractivity contribution < 1.29 is 19.4 Å². The third-order valence-electron chi connectivity index (χ3n) is 6.69. The number of amides is 2. The van der Waals surface area contributed by atoms with E-state index in [0.29, 0.717) is 44.6 Å². The number of ether oxygens (including phenoxy) is 1. The highest BCUT2D eigenvalue weighted by Gasteiger charge is 2.50. The standard InChI is InChI=1S/C23H28N4O4/c1-31-18-6-7-20-24-19(15-27(20)14-18)16-2-4-17(5-3-16)21(28)25-10-12-26(13-11-25)22(29)23(30)8-9-23/h2-5,15,18,30H,6-14H2,1H3. The van der Waals surface area contributed by atoms with E-state index in [-0.39, 0.29) is 17.9 Å². The highest BCUT2D eigenvalue weighted by Crippen LogP contribution is 2.37. The first-order valence-corrected chi connectivity index (χ1v) is 11.0. The van der Waals surface area contributed by atoms with Crippen LogP contribution >= 0.6 is 0 Å². The van der Waals surface area contributed by atoms with Gasteiger partial charge in [-0.25, -0.2) is 4.98 Å². The van der Waals surface area contributed by atoms with Crippen molar-refractivity contribution in [2.24, 2.45) is 0 Å². The summed E-state index contributed by atoms with van der Waals surface area (Å²) in [5.74, 6) is 0.853. The van der Waals surface area contributed by atoms with Gasteiger partial charge in [0, 0.05) is 57.0 Å². The van der Waals surface area contributed by atoms with E-state index in [1.54, 1.807) is 16.9 Å². The van der Waals surface area contributed by atoms with Crippen LogP contribution < -0.4 is 0 Å². The Balaban J connectivity index is 1.22. The van der Waals surface area contributed by atoms with E-state index in [2.05, 4.69) is 10.8 Å². The molecular weight excluding hydrogens is 396 g/mol. The predicted octanol–water partition coefficient (Wildman–Crippen LogP) is 1.32. The number of piperazine rings is 1. The fourth-order valence-corrected chi connectivity index (χ4v) is 4.45. The Morgan fingerprint density at radius 1 is 1.10 bits per heavy atom. The molecule has 164 valence electrons. The highest BCUT2D eigenvalue weighted by atomic mass is 16.5. The number of fused-ring (bicyclic) bond motifs is 1. The van der Waals surface area contributed by atoms with Crippen LogP contribution in [0.1, 0.15) is 35.4 Å². The molecule has 2 amide bonds. The molecular formula is C23H28N4O4. The first-order valence-electron chi connectivity index (χ1n) is 11.0. The number of rotatable bonds is 4. The summed E-state index contributed by atoms with van der Waals surface area (Å²) in [4.78, 5) is 33.4. The Kier molecular flexibility index (Phi) is 5.06. The van der Waals surface area contributed by atoms with Crippen LogP contribution in [0.15, 0.2) is 30.5 Å². The van der Waals surface area contributed by atoms with Crippen molar-refractivity contribution in [3.8, 4) is 11.3 Å². The Hall–Kier alpha value is -2.71. The van der Waals surface area contributed by atoms with Crippen LogP contribution in [-0.4, -0.2) is 81.3 Å². The third kappa shape index (κ3) is 3.85. The summed E-state index contributed by atoms with van der Waals surface area (Å²) in [6.07, 6.45) is 5.27. The number of nitrogens with zero attached hydrogens (tertiary/aromatic N) is 4. The molecule has 1 aliphatic carbocycles. The molecule has 8 heteroatoms. The Labute approximate surface area is 181 Å². The van der Waals surface area contributed by atoms with Gasteiger partial charge in [-0.05, 0) is 31.4 Å². The summed E-state index contributed by atoms with van der Waals surface area (Å²) >= 11 is 0. The zero-order valence-electron chi connectivity index (χ0n) is 17.8. The number of carbonyl (C=O) groups is 2. The Morgan fingerprint density at radius 3 is 2.42 bits per heavy atom. The fraction of sp³-hybridized carbons (Fsp3) is 0.522. The minimum absolute atomic E-state index is 0.0316. The van der Waals surface area contributed by atoms with Crippen molar-refractivity contribution in [2.75, 3.05) is 33.3 Å². The molecule has 1 N–H and O–H groups in total. The van der Waals surface area contributed by atoms with Gasteiger partial charge in [0.1, 0.15) is 11.4 Å². The molecule has 1 aromatic heterocycles. The normalized spacial score (nSPS) is 22.2. The lowest BCUT2D eigenvalue weighted by molar-refractivity contribution is -0.143. The van der Waals surface area contributed by atoms with E-state index in [0.717, 1.165) is 36.5 Å². The van der Waals surface area contributed by atoms with E-state index >= 15 is 0 Å². The van der Waals surface area contributed by atoms with Crippen LogP contribution in [0.5, 0.6) is 0 Å². The average Bonchev–Trinajstić information content (AvgIpc) is 3.42. The monoisotopic (exact) mass is 424 g/mol. The number of imidazole rings is 1. The first kappa shape index (κ1) is 20.2. The molecule has 3 aliphatic rings. The molecule has 2 fully saturated rings. The van der Waals surface area contributed by atoms with Gasteiger partial charge in [-0.1, -0.05) is 12.1 Å². The molecule has 31 heavy (non-hydrogen) atoms. The Morgan fingerprint density at radius 2 is 1.77 bits per heavy atom. The molecule has 0 radical (unpaired) electrons. The van der Waals surface area contributed by atoms with Crippen molar-refractivity contribution >= 4 is 11.8 Å². The molecule has 1 saturated heterocycles. The van der Waals surface area contributed by atoms with Crippen molar-refractivity contribution in [1.82, 2.24) is 19.4 Å². The Bertz CT molecular complexity index is 988. The van der Waals surface area contributed by atoms with Gasteiger partial charge < -0.3 is 24.2 Å². The summed E-state index contributed by atoms with van der Waals surface area (Å²) < 4.78 is 7.63. The molecule has 5 rings (SSSR count). The topological polar surface area (TPSA) is 87.9 Å². The number of hydrogen-bond acceptors (Lipinski definition) is 5. The van der Waals surface area contributed by atoms with E-state index in [1.807, 2.05) is 24.3 Å². The summed E-state index contributed by atoms with van der Waals surface area (Å²) in [5.41, 5.74) is 1.39. The first-order chi connectivity index (χ1) is 15.0. The molecule has 2 aromatic rings. The number of benzene rings is 1.